The molecule has 0 bridgehead atoms. The molecule has 1 unspecified atom stereocenters. The van der Waals surface area contributed by atoms with Crippen LogP contribution < -0.4 is 9.50 Å². The van der Waals surface area contributed by atoms with E-state index < -0.39 is 22.1 Å². The van der Waals surface area contributed by atoms with Gasteiger partial charge in [0.2, 0.25) is 5.91 Å². The predicted octanol–water partition coefficient (Wildman–Crippen LogP) is 1.02. The molecule has 0 aliphatic carbocycles. The molecule has 7 nitrogen and oxygen atoms in total. The van der Waals surface area contributed by atoms with E-state index in [9.17, 15) is 18.0 Å². The zero-order chi connectivity index (χ0) is 17.6. The molecular weight excluding hydrogens is 322 g/mol. The fourth-order valence-electron chi connectivity index (χ4n) is 1.84. The number of ether oxygens (including phenoxy) is 1. The summed E-state index contributed by atoms with van der Waals surface area (Å²) >= 11 is 0. The van der Waals surface area contributed by atoms with Gasteiger partial charge in [-0.15, -0.1) is 0 Å². The number of carbonyl (C=O) groups excluding carboxylic acids is 2. The maximum Gasteiger partial charge on any atom is 0.329 e. The lowest BCUT2D eigenvalue weighted by Gasteiger charge is -2.18. The zero-order valence-electron chi connectivity index (χ0n) is 13.5. The van der Waals surface area contributed by atoms with Gasteiger partial charge < -0.3 is 14.2 Å². The molecule has 0 spiro atoms. The lowest BCUT2D eigenvalue weighted by molar-refractivity contribution is -0.151. The molecule has 0 fully saturated rings. The third-order valence-corrected chi connectivity index (χ3v) is 3.12. The van der Waals surface area contributed by atoms with E-state index in [2.05, 4.69) is 5.32 Å². The molecule has 1 amide bonds. The van der Waals surface area contributed by atoms with Crippen molar-refractivity contribution in [2.45, 2.75) is 39.3 Å². The summed E-state index contributed by atoms with van der Waals surface area (Å²) in [6, 6.07) is 5.40. The fraction of sp³-hybridized carbons (Fsp3) is 0.467. The van der Waals surface area contributed by atoms with Gasteiger partial charge in [-0.2, -0.15) is 8.42 Å². The Hall–Kier alpha value is -2.09. The van der Waals surface area contributed by atoms with Crippen LogP contribution in [0.2, 0.25) is 0 Å². The highest BCUT2D eigenvalue weighted by atomic mass is 32.2. The van der Waals surface area contributed by atoms with E-state index in [0.717, 1.165) is 11.8 Å². The van der Waals surface area contributed by atoms with E-state index in [4.69, 9.17) is 8.92 Å². The van der Waals surface area contributed by atoms with Gasteiger partial charge in [0, 0.05) is 13.3 Å². The summed E-state index contributed by atoms with van der Waals surface area (Å²) in [5, 5.41) is 2.55. The first-order valence-corrected chi connectivity index (χ1v) is 8.84. The highest BCUT2D eigenvalue weighted by Gasteiger charge is 2.22. The minimum absolute atomic E-state index is 0.178. The first kappa shape index (κ1) is 19.0. The molecule has 1 aromatic rings. The molecule has 1 atom stereocenters. The molecular formula is C15H21NO6S. The van der Waals surface area contributed by atoms with E-state index >= 15 is 0 Å². The van der Waals surface area contributed by atoms with Crippen LogP contribution >= 0.6 is 0 Å². The molecule has 1 rings (SSSR count). The maximum atomic E-state index is 12.0. The molecule has 0 aliphatic rings. The van der Waals surface area contributed by atoms with Crippen LogP contribution in [0.15, 0.2) is 24.3 Å². The summed E-state index contributed by atoms with van der Waals surface area (Å²) in [7, 11) is -3.59. The van der Waals surface area contributed by atoms with Crippen molar-refractivity contribution in [2.24, 2.45) is 0 Å². The van der Waals surface area contributed by atoms with Crippen molar-refractivity contribution in [1.29, 1.82) is 0 Å². The minimum atomic E-state index is -3.59. The Morgan fingerprint density at radius 1 is 1.17 bits per heavy atom. The molecule has 1 aromatic carbocycles. The number of hydrogen-bond acceptors (Lipinski definition) is 6. The average Bonchev–Trinajstić information content (AvgIpc) is 2.37. The molecule has 23 heavy (non-hydrogen) atoms. The Balaban J connectivity index is 2.82. The third-order valence-electron chi connectivity index (χ3n) is 2.62. The van der Waals surface area contributed by atoms with Crippen LogP contribution in [0.4, 0.5) is 0 Å². The van der Waals surface area contributed by atoms with Gasteiger partial charge in [-0.1, -0.05) is 12.1 Å². The summed E-state index contributed by atoms with van der Waals surface area (Å²) in [6.07, 6.45) is 0.893. The number of carbonyl (C=O) groups is 2. The van der Waals surface area contributed by atoms with Crippen molar-refractivity contribution in [3.05, 3.63) is 29.8 Å². The fourth-order valence-corrected chi connectivity index (χ4v) is 2.31. The minimum Gasteiger partial charge on any atom is -0.461 e. The summed E-state index contributed by atoms with van der Waals surface area (Å²) in [6.45, 7) is 4.76. The number of amides is 1. The van der Waals surface area contributed by atoms with Gasteiger partial charge in [-0.3, -0.25) is 4.79 Å². The monoisotopic (exact) mass is 343 g/mol. The van der Waals surface area contributed by atoms with Gasteiger partial charge >= 0.3 is 16.1 Å². The Labute approximate surface area is 136 Å². The summed E-state index contributed by atoms with van der Waals surface area (Å²) in [5.41, 5.74) is 0.727. The van der Waals surface area contributed by atoms with Crippen molar-refractivity contribution in [3.8, 4) is 5.75 Å². The highest BCUT2D eigenvalue weighted by Crippen LogP contribution is 2.15. The van der Waals surface area contributed by atoms with Gasteiger partial charge in [0.15, 0.2) is 0 Å². The molecule has 0 radical (unpaired) electrons. The van der Waals surface area contributed by atoms with Crippen molar-refractivity contribution >= 4 is 22.0 Å². The molecule has 0 aliphatic heterocycles. The number of benzene rings is 1. The SMILES string of the molecule is CC(=O)NC(Cc1ccc(OS(C)(=O)=O)cc1)C(=O)OC(C)C. The lowest BCUT2D eigenvalue weighted by Crippen LogP contribution is -2.43. The van der Waals surface area contributed by atoms with Gasteiger partial charge in [0.25, 0.3) is 0 Å². The van der Waals surface area contributed by atoms with E-state index in [0.29, 0.717) is 0 Å². The van der Waals surface area contributed by atoms with E-state index in [1.165, 1.54) is 19.1 Å². The largest absolute Gasteiger partial charge is 0.461 e. The molecule has 0 saturated heterocycles. The molecule has 0 saturated carbocycles. The average molecular weight is 343 g/mol. The normalized spacial score (nSPS) is 12.6. The molecule has 0 aromatic heterocycles. The second-order valence-electron chi connectivity index (χ2n) is 5.37. The molecule has 0 heterocycles. The number of hydrogen-bond donors (Lipinski definition) is 1. The first-order chi connectivity index (χ1) is 10.6. The number of nitrogens with one attached hydrogen (secondary N) is 1. The van der Waals surface area contributed by atoms with Crippen molar-refractivity contribution in [2.75, 3.05) is 6.26 Å². The van der Waals surface area contributed by atoms with E-state index in [1.54, 1.807) is 26.0 Å². The van der Waals surface area contributed by atoms with Crippen LogP contribution in [0, 0.1) is 0 Å². The molecule has 1 N–H and O–H groups in total. The van der Waals surface area contributed by atoms with Gasteiger partial charge in [0.05, 0.1) is 12.4 Å². The smallest absolute Gasteiger partial charge is 0.329 e. The Morgan fingerprint density at radius 3 is 2.17 bits per heavy atom. The molecule has 128 valence electrons. The van der Waals surface area contributed by atoms with Crippen molar-refractivity contribution < 1.29 is 26.9 Å². The van der Waals surface area contributed by atoms with Gasteiger partial charge in [0.1, 0.15) is 11.8 Å². The third kappa shape index (κ3) is 7.64. The van der Waals surface area contributed by atoms with E-state index in [1.807, 2.05) is 0 Å². The van der Waals surface area contributed by atoms with Crippen molar-refractivity contribution in [3.63, 3.8) is 0 Å². The van der Waals surface area contributed by atoms with Crippen LogP contribution in [0.3, 0.4) is 0 Å². The quantitative estimate of drug-likeness (QED) is 0.586. The number of rotatable bonds is 7. The summed E-state index contributed by atoms with van der Waals surface area (Å²) in [4.78, 5) is 23.2. The van der Waals surface area contributed by atoms with Gasteiger partial charge in [-0.25, -0.2) is 4.79 Å². The topological polar surface area (TPSA) is 98.8 Å². The summed E-state index contributed by atoms with van der Waals surface area (Å²) < 4.78 is 31.9. The lowest BCUT2D eigenvalue weighted by atomic mass is 10.1. The summed E-state index contributed by atoms with van der Waals surface area (Å²) in [5.74, 6) is -0.684. The Kier molecular flexibility index (Phi) is 6.56. The Morgan fingerprint density at radius 2 is 1.74 bits per heavy atom. The Bertz CT molecular complexity index is 651. The van der Waals surface area contributed by atoms with Crippen LogP contribution in [-0.2, 0) is 30.9 Å². The van der Waals surface area contributed by atoms with Crippen LogP contribution in [0.25, 0.3) is 0 Å². The highest BCUT2D eigenvalue weighted by molar-refractivity contribution is 7.86. The maximum absolute atomic E-state index is 12.0. The van der Waals surface area contributed by atoms with Gasteiger partial charge in [-0.05, 0) is 31.5 Å². The van der Waals surface area contributed by atoms with E-state index in [-0.39, 0.29) is 24.2 Å². The van der Waals surface area contributed by atoms with Crippen LogP contribution in [-0.4, -0.2) is 38.7 Å². The molecule has 8 heteroatoms. The number of esters is 1. The van der Waals surface area contributed by atoms with Crippen molar-refractivity contribution in [1.82, 2.24) is 5.32 Å². The van der Waals surface area contributed by atoms with Crippen LogP contribution in [0.1, 0.15) is 26.3 Å². The first-order valence-electron chi connectivity index (χ1n) is 7.03. The zero-order valence-corrected chi connectivity index (χ0v) is 14.3. The predicted molar refractivity (Wildman–Crippen MR) is 84.5 cm³/mol. The second kappa shape index (κ2) is 7.96. The van der Waals surface area contributed by atoms with Crippen LogP contribution in [0.5, 0.6) is 5.75 Å². The standard InChI is InChI=1S/C15H21NO6S/c1-10(2)21-15(18)14(16-11(3)17)9-12-5-7-13(8-6-12)22-23(4,19)20/h5-8,10,14H,9H2,1-4H3,(H,16,17). The second-order valence-corrected chi connectivity index (χ2v) is 6.95.